The summed E-state index contributed by atoms with van der Waals surface area (Å²) in [5, 5.41) is 4.90. The fourth-order valence-electron chi connectivity index (χ4n) is 2.55. The molecule has 112 valence electrons. The number of alkyl halides is 3. The molecule has 0 aromatic carbocycles. The molecule has 0 saturated heterocycles. The van der Waals surface area contributed by atoms with E-state index in [1.807, 2.05) is 6.92 Å². The van der Waals surface area contributed by atoms with Crippen molar-refractivity contribution < 1.29 is 18.0 Å². The quantitative estimate of drug-likeness (QED) is 0.760. The van der Waals surface area contributed by atoms with Gasteiger partial charge in [-0.25, -0.2) is 0 Å². The molecule has 1 saturated carbocycles. The Labute approximate surface area is 112 Å². The first-order valence-electron chi connectivity index (χ1n) is 6.95. The van der Waals surface area contributed by atoms with Gasteiger partial charge in [0.2, 0.25) is 5.91 Å². The van der Waals surface area contributed by atoms with Crippen LogP contribution in [0.1, 0.15) is 45.4 Å². The number of amides is 1. The summed E-state index contributed by atoms with van der Waals surface area (Å²) in [4.78, 5) is 11.5. The van der Waals surface area contributed by atoms with Gasteiger partial charge in [0.1, 0.15) is 0 Å². The third kappa shape index (κ3) is 7.40. The minimum atomic E-state index is -4.27. The molecule has 1 amide bonds. The SMILES string of the molecule is C[C@@H](NC(=O)CNCC(F)(F)F)C1CCCCCC1. The molecule has 1 rings (SSSR count). The second-order valence-electron chi connectivity index (χ2n) is 5.33. The summed E-state index contributed by atoms with van der Waals surface area (Å²) >= 11 is 0. The van der Waals surface area contributed by atoms with Crippen molar-refractivity contribution in [3.05, 3.63) is 0 Å². The largest absolute Gasteiger partial charge is 0.401 e. The van der Waals surface area contributed by atoms with Gasteiger partial charge in [-0.15, -0.1) is 0 Å². The van der Waals surface area contributed by atoms with E-state index in [0.717, 1.165) is 12.8 Å². The van der Waals surface area contributed by atoms with E-state index in [4.69, 9.17) is 0 Å². The fraction of sp³-hybridized carbons (Fsp3) is 0.923. The molecule has 0 aliphatic heterocycles. The molecular formula is C13H23F3N2O. The van der Waals surface area contributed by atoms with Crippen LogP contribution in [0.25, 0.3) is 0 Å². The number of rotatable bonds is 5. The molecule has 0 spiro atoms. The Balaban J connectivity index is 2.23. The molecule has 1 fully saturated rings. The van der Waals surface area contributed by atoms with E-state index in [1.165, 1.54) is 25.7 Å². The first-order chi connectivity index (χ1) is 8.88. The van der Waals surface area contributed by atoms with E-state index in [-0.39, 0.29) is 18.5 Å². The zero-order chi connectivity index (χ0) is 14.3. The van der Waals surface area contributed by atoms with Crippen molar-refractivity contribution in [3.63, 3.8) is 0 Å². The summed E-state index contributed by atoms with van der Waals surface area (Å²) in [5.41, 5.74) is 0. The molecular weight excluding hydrogens is 257 g/mol. The number of nitrogens with one attached hydrogen (secondary N) is 2. The molecule has 0 aromatic rings. The molecule has 0 heterocycles. The number of halogens is 3. The zero-order valence-electron chi connectivity index (χ0n) is 11.4. The zero-order valence-corrected chi connectivity index (χ0v) is 11.4. The van der Waals surface area contributed by atoms with E-state index >= 15 is 0 Å². The van der Waals surface area contributed by atoms with E-state index in [0.29, 0.717) is 5.92 Å². The molecule has 3 nitrogen and oxygen atoms in total. The third-order valence-corrected chi connectivity index (χ3v) is 3.61. The van der Waals surface area contributed by atoms with E-state index in [1.54, 1.807) is 0 Å². The third-order valence-electron chi connectivity index (χ3n) is 3.61. The minimum Gasteiger partial charge on any atom is -0.352 e. The van der Waals surface area contributed by atoms with Crippen LogP contribution in [0.2, 0.25) is 0 Å². The highest BCUT2D eigenvalue weighted by atomic mass is 19.4. The van der Waals surface area contributed by atoms with Crippen LogP contribution in [0.3, 0.4) is 0 Å². The van der Waals surface area contributed by atoms with Gasteiger partial charge in [-0.05, 0) is 25.7 Å². The highest BCUT2D eigenvalue weighted by Crippen LogP contribution is 2.25. The molecule has 0 radical (unpaired) electrons. The summed E-state index contributed by atoms with van der Waals surface area (Å²) in [6.07, 6.45) is 2.76. The Morgan fingerprint density at radius 3 is 2.32 bits per heavy atom. The highest BCUT2D eigenvalue weighted by Gasteiger charge is 2.27. The van der Waals surface area contributed by atoms with Crippen molar-refractivity contribution in [3.8, 4) is 0 Å². The Morgan fingerprint density at radius 2 is 1.79 bits per heavy atom. The van der Waals surface area contributed by atoms with Gasteiger partial charge in [0.15, 0.2) is 0 Å². The van der Waals surface area contributed by atoms with Crippen LogP contribution in [0.5, 0.6) is 0 Å². The van der Waals surface area contributed by atoms with Crippen molar-refractivity contribution in [2.75, 3.05) is 13.1 Å². The molecule has 6 heteroatoms. The molecule has 1 aliphatic carbocycles. The van der Waals surface area contributed by atoms with Crippen LogP contribution in [0.4, 0.5) is 13.2 Å². The standard InChI is InChI=1S/C13H23F3N2O/c1-10(11-6-4-2-3-5-7-11)18-12(19)8-17-9-13(14,15)16/h10-11,17H,2-9H2,1H3,(H,18,19)/t10-/m1/s1. The lowest BCUT2D eigenvalue weighted by molar-refractivity contribution is -0.128. The molecule has 2 N–H and O–H groups in total. The smallest absolute Gasteiger partial charge is 0.352 e. The second-order valence-corrected chi connectivity index (χ2v) is 5.33. The van der Waals surface area contributed by atoms with Gasteiger partial charge in [0.25, 0.3) is 0 Å². The predicted octanol–water partition coefficient (Wildman–Crippen LogP) is 2.61. The van der Waals surface area contributed by atoms with Crippen molar-refractivity contribution in [2.45, 2.75) is 57.7 Å². The van der Waals surface area contributed by atoms with Gasteiger partial charge >= 0.3 is 6.18 Å². The maximum absolute atomic E-state index is 11.9. The number of hydrogen-bond donors (Lipinski definition) is 2. The number of carbonyl (C=O) groups is 1. The summed E-state index contributed by atoms with van der Waals surface area (Å²) < 4.78 is 35.7. The lowest BCUT2D eigenvalue weighted by atomic mass is 9.93. The van der Waals surface area contributed by atoms with Gasteiger partial charge in [0, 0.05) is 6.04 Å². The lowest BCUT2D eigenvalue weighted by Gasteiger charge is -2.23. The van der Waals surface area contributed by atoms with Crippen LogP contribution in [-0.4, -0.2) is 31.2 Å². The van der Waals surface area contributed by atoms with E-state index < -0.39 is 12.7 Å². The van der Waals surface area contributed by atoms with Gasteiger partial charge in [-0.1, -0.05) is 25.7 Å². The molecule has 1 aliphatic rings. The first kappa shape index (κ1) is 16.3. The van der Waals surface area contributed by atoms with E-state index in [9.17, 15) is 18.0 Å². The van der Waals surface area contributed by atoms with Gasteiger partial charge in [0.05, 0.1) is 13.1 Å². The molecule has 19 heavy (non-hydrogen) atoms. The van der Waals surface area contributed by atoms with Crippen molar-refractivity contribution in [1.29, 1.82) is 0 Å². The Bertz CT molecular complexity index is 274. The number of carbonyl (C=O) groups excluding carboxylic acids is 1. The fourth-order valence-corrected chi connectivity index (χ4v) is 2.55. The molecule has 0 aromatic heterocycles. The maximum atomic E-state index is 11.9. The number of hydrogen-bond acceptors (Lipinski definition) is 2. The minimum absolute atomic E-state index is 0.0401. The second kappa shape index (κ2) is 7.72. The van der Waals surface area contributed by atoms with Crippen LogP contribution in [0.15, 0.2) is 0 Å². The topological polar surface area (TPSA) is 41.1 Å². The average Bonchev–Trinajstić information content (AvgIpc) is 2.55. The van der Waals surface area contributed by atoms with Crippen LogP contribution in [0, 0.1) is 5.92 Å². The van der Waals surface area contributed by atoms with Gasteiger partial charge in [-0.2, -0.15) is 13.2 Å². The van der Waals surface area contributed by atoms with Crippen LogP contribution >= 0.6 is 0 Å². The summed E-state index contributed by atoms with van der Waals surface area (Å²) in [7, 11) is 0. The predicted molar refractivity (Wildman–Crippen MR) is 67.7 cm³/mol. The first-order valence-corrected chi connectivity index (χ1v) is 6.95. The van der Waals surface area contributed by atoms with Crippen molar-refractivity contribution in [2.24, 2.45) is 5.92 Å². The van der Waals surface area contributed by atoms with Crippen LogP contribution < -0.4 is 10.6 Å². The summed E-state index contributed by atoms with van der Waals surface area (Å²) in [6.45, 7) is 0.534. The Morgan fingerprint density at radius 1 is 1.21 bits per heavy atom. The van der Waals surface area contributed by atoms with Gasteiger partial charge < -0.3 is 10.6 Å². The Hall–Kier alpha value is -0.780. The lowest BCUT2D eigenvalue weighted by Crippen LogP contribution is -2.44. The highest BCUT2D eigenvalue weighted by molar-refractivity contribution is 5.78. The normalized spacial score (nSPS) is 19.8. The average molecular weight is 280 g/mol. The molecule has 0 bridgehead atoms. The van der Waals surface area contributed by atoms with Crippen molar-refractivity contribution in [1.82, 2.24) is 10.6 Å². The van der Waals surface area contributed by atoms with Crippen LogP contribution in [-0.2, 0) is 4.79 Å². The van der Waals surface area contributed by atoms with Gasteiger partial charge in [-0.3, -0.25) is 4.79 Å². The summed E-state index contributed by atoms with van der Waals surface area (Å²) in [5.74, 6) is 0.0927. The summed E-state index contributed by atoms with van der Waals surface area (Å²) in [6, 6.07) is 0.0401. The molecule has 1 atom stereocenters. The monoisotopic (exact) mass is 280 g/mol. The molecule has 0 unspecified atom stereocenters. The van der Waals surface area contributed by atoms with Crippen molar-refractivity contribution >= 4 is 5.91 Å². The maximum Gasteiger partial charge on any atom is 0.401 e. The Kier molecular flexibility index (Phi) is 6.62. The van der Waals surface area contributed by atoms with E-state index in [2.05, 4.69) is 10.6 Å².